The molecule has 0 atom stereocenters. The zero-order valence-corrected chi connectivity index (χ0v) is 15.5. The number of aromatic amines is 1. The second kappa shape index (κ2) is 8.89. The Balaban J connectivity index is 0.00000113. The summed E-state index contributed by atoms with van der Waals surface area (Å²) in [5.41, 5.74) is 1.39. The van der Waals surface area contributed by atoms with Gasteiger partial charge in [0.25, 0.3) is 0 Å². The molecular formula is C16H24Cl2N4O3. The lowest BCUT2D eigenvalue weighted by molar-refractivity contribution is 0.0255. The van der Waals surface area contributed by atoms with Gasteiger partial charge in [0, 0.05) is 24.9 Å². The van der Waals surface area contributed by atoms with Crippen molar-refractivity contribution in [1.29, 1.82) is 0 Å². The third-order valence-electron chi connectivity index (χ3n) is 4.69. The molecule has 0 bridgehead atoms. The molecule has 0 aliphatic carbocycles. The van der Waals surface area contributed by atoms with Crippen LogP contribution in [0.5, 0.6) is 5.75 Å². The fourth-order valence-corrected chi connectivity index (χ4v) is 3.46. The first-order chi connectivity index (χ1) is 11.3. The van der Waals surface area contributed by atoms with Crippen molar-refractivity contribution >= 4 is 36.0 Å². The summed E-state index contributed by atoms with van der Waals surface area (Å²) in [7, 11) is 0. The first-order valence-corrected chi connectivity index (χ1v) is 8.36. The van der Waals surface area contributed by atoms with Gasteiger partial charge in [0.15, 0.2) is 5.65 Å². The van der Waals surface area contributed by atoms with Gasteiger partial charge in [-0.15, -0.1) is 24.8 Å². The highest BCUT2D eigenvalue weighted by Crippen LogP contribution is 2.25. The zero-order chi connectivity index (χ0) is 15.6. The molecule has 4 rings (SSSR count). The molecule has 2 fully saturated rings. The summed E-state index contributed by atoms with van der Waals surface area (Å²) in [5.74, 6) is 0.728. The van der Waals surface area contributed by atoms with Gasteiger partial charge in [-0.05, 0) is 25.9 Å². The number of H-pyrrole nitrogens is 1. The van der Waals surface area contributed by atoms with Gasteiger partial charge in [-0.25, -0.2) is 9.78 Å². The number of rotatable bonds is 3. The van der Waals surface area contributed by atoms with E-state index in [1.807, 2.05) is 10.6 Å². The maximum absolute atomic E-state index is 12.3. The molecule has 4 heterocycles. The predicted molar refractivity (Wildman–Crippen MR) is 100 cm³/mol. The highest BCUT2D eigenvalue weighted by molar-refractivity contribution is 5.85. The van der Waals surface area contributed by atoms with Crippen LogP contribution in [0.3, 0.4) is 0 Å². The number of halogens is 2. The number of ether oxygens (including phenoxy) is 2. The minimum Gasteiger partial charge on any atom is -0.489 e. The number of piperidine rings is 1. The zero-order valence-electron chi connectivity index (χ0n) is 13.9. The molecular weight excluding hydrogens is 367 g/mol. The van der Waals surface area contributed by atoms with Crippen molar-refractivity contribution in [1.82, 2.24) is 19.9 Å². The van der Waals surface area contributed by atoms with E-state index in [1.165, 1.54) is 0 Å². The van der Waals surface area contributed by atoms with Crippen LogP contribution in [0.4, 0.5) is 0 Å². The molecule has 2 saturated heterocycles. The lowest BCUT2D eigenvalue weighted by atomic mass is 10.1. The SMILES string of the molecule is Cl.Cl.O=c1[nH]c2ncc(OC3CCOCC3)cc2n1C1CCNCC1. The fourth-order valence-electron chi connectivity index (χ4n) is 3.46. The lowest BCUT2D eigenvalue weighted by Crippen LogP contribution is -2.33. The number of fused-ring (bicyclic) bond motifs is 1. The van der Waals surface area contributed by atoms with Crippen LogP contribution >= 0.6 is 24.8 Å². The largest absolute Gasteiger partial charge is 0.489 e. The van der Waals surface area contributed by atoms with E-state index in [4.69, 9.17) is 9.47 Å². The standard InChI is InChI=1S/C16H22N4O3.2ClH/c21-16-19-15-14(20(16)11-1-5-17-6-2-11)9-13(10-18-15)23-12-3-7-22-8-4-12;;/h9-12,17H,1-8H2,(H,18,19,21);2*1H. The van der Waals surface area contributed by atoms with Gasteiger partial charge in [0.2, 0.25) is 0 Å². The second-order valence-electron chi connectivity index (χ2n) is 6.25. The number of pyridine rings is 1. The minimum atomic E-state index is -0.0809. The minimum absolute atomic E-state index is 0. The Morgan fingerprint density at radius 1 is 1.16 bits per heavy atom. The number of nitrogens with zero attached hydrogens (tertiary/aromatic N) is 2. The van der Waals surface area contributed by atoms with E-state index in [9.17, 15) is 4.79 Å². The van der Waals surface area contributed by atoms with Crippen LogP contribution in [0.2, 0.25) is 0 Å². The van der Waals surface area contributed by atoms with Crippen molar-refractivity contribution in [3.05, 3.63) is 22.7 Å². The quantitative estimate of drug-likeness (QED) is 0.837. The average molecular weight is 391 g/mol. The van der Waals surface area contributed by atoms with Gasteiger partial charge in [-0.2, -0.15) is 0 Å². The van der Waals surface area contributed by atoms with E-state index >= 15 is 0 Å². The number of hydrogen-bond donors (Lipinski definition) is 2. The van der Waals surface area contributed by atoms with Crippen LogP contribution in [0.25, 0.3) is 11.2 Å². The van der Waals surface area contributed by atoms with Gasteiger partial charge < -0.3 is 14.8 Å². The van der Waals surface area contributed by atoms with Crippen molar-refractivity contribution in [2.24, 2.45) is 0 Å². The summed E-state index contributed by atoms with van der Waals surface area (Å²) < 4.78 is 13.2. The third kappa shape index (κ3) is 4.28. The van der Waals surface area contributed by atoms with Crippen molar-refractivity contribution in [2.75, 3.05) is 26.3 Å². The van der Waals surface area contributed by atoms with Crippen molar-refractivity contribution in [3.8, 4) is 5.75 Å². The van der Waals surface area contributed by atoms with Gasteiger partial charge >= 0.3 is 5.69 Å². The van der Waals surface area contributed by atoms with Crippen molar-refractivity contribution in [2.45, 2.75) is 37.8 Å². The van der Waals surface area contributed by atoms with E-state index in [0.29, 0.717) is 5.65 Å². The van der Waals surface area contributed by atoms with Crippen LogP contribution in [0.1, 0.15) is 31.7 Å². The third-order valence-corrected chi connectivity index (χ3v) is 4.69. The van der Waals surface area contributed by atoms with Gasteiger partial charge in [0.1, 0.15) is 11.9 Å². The van der Waals surface area contributed by atoms with Crippen LogP contribution in [0.15, 0.2) is 17.1 Å². The summed E-state index contributed by atoms with van der Waals surface area (Å²) in [6.45, 7) is 3.36. The summed E-state index contributed by atoms with van der Waals surface area (Å²) in [5, 5.41) is 3.33. The van der Waals surface area contributed by atoms with E-state index in [0.717, 1.165) is 63.3 Å². The molecule has 0 unspecified atom stereocenters. The Morgan fingerprint density at radius 3 is 2.60 bits per heavy atom. The number of hydrogen-bond acceptors (Lipinski definition) is 5. The molecule has 2 N–H and O–H groups in total. The van der Waals surface area contributed by atoms with Gasteiger partial charge in [-0.1, -0.05) is 0 Å². The maximum Gasteiger partial charge on any atom is 0.327 e. The molecule has 25 heavy (non-hydrogen) atoms. The maximum atomic E-state index is 12.3. The highest BCUT2D eigenvalue weighted by atomic mass is 35.5. The Labute approximate surface area is 158 Å². The Kier molecular flexibility index (Phi) is 7.13. The van der Waals surface area contributed by atoms with Crippen LogP contribution in [-0.4, -0.2) is 46.9 Å². The molecule has 2 aliphatic heterocycles. The molecule has 2 aliphatic rings. The molecule has 140 valence electrons. The molecule has 2 aromatic rings. The van der Waals surface area contributed by atoms with Gasteiger partial charge in [-0.3, -0.25) is 9.55 Å². The monoisotopic (exact) mass is 390 g/mol. The number of nitrogens with one attached hydrogen (secondary N) is 2. The van der Waals surface area contributed by atoms with Crippen LogP contribution < -0.4 is 15.7 Å². The molecule has 0 spiro atoms. The summed E-state index contributed by atoms with van der Waals surface area (Å²) in [4.78, 5) is 19.6. The normalized spacial score (nSPS) is 19.2. The first kappa shape index (κ1) is 20.0. The molecule has 0 saturated carbocycles. The topological polar surface area (TPSA) is 81.2 Å². The van der Waals surface area contributed by atoms with Crippen molar-refractivity contribution < 1.29 is 9.47 Å². The summed E-state index contributed by atoms with van der Waals surface area (Å²) in [6.07, 6.45) is 5.57. The molecule has 2 aromatic heterocycles. The Morgan fingerprint density at radius 2 is 1.88 bits per heavy atom. The highest BCUT2D eigenvalue weighted by Gasteiger charge is 2.21. The predicted octanol–water partition coefficient (Wildman–Crippen LogP) is 2.05. The average Bonchev–Trinajstić information content (AvgIpc) is 2.92. The lowest BCUT2D eigenvalue weighted by Gasteiger charge is -2.24. The van der Waals surface area contributed by atoms with Crippen LogP contribution in [0, 0.1) is 0 Å². The van der Waals surface area contributed by atoms with E-state index < -0.39 is 0 Å². The van der Waals surface area contributed by atoms with E-state index in [1.54, 1.807) is 6.20 Å². The molecule has 0 amide bonds. The molecule has 0 radical (unpaired) electrons. The Hall–Kier alpha value is -1.28. The summed E-state index contributed by atoms with van der Waals surface area (Å²) in [6, 6.07) is 2.16. The van der Waals surface area contributed by atoms with Crippen molar-refractivity contribution in [3.63, 3.8) is 0 Å². The molecule has 9 heteroatoms. The fraction of sp³-hybridized carbons (Fsp3) is 0.625. The smallest absolute Gasteiger partial charge is 0.327 e. The molecule has 0 aromatic carbocycles. The van der Waals surface area contributed by atoms with E-state index in [-0.39, 0.29) is 42.6 Å². The van der Waals surface area contributed by atoms with Gasteiger partial charge in [0.05, 0.1) is 24.9 Å². The molecule has 7 nitrogen and oxygen atoms in total. The number of aromatic nitrogens is 3. The Bertz CT molecular complexity index is 737. The van der Waals surface area contributed by atoms with Crippen LogP contribution in [-0.2, 0) is 4.74 Å². The summed E-state index contributed by atoms with van der Waals surface area (Å²) >= 11 is 0. The first-order valence-electron chi connectivity index (χ1n) is 8.36. The second-order valence-corrected chi connectivity index (χ2v) is 6.25. The number of imidazole rings is 1. The van der Waals surface area contributed by atoms with E-state index in [2.05, 4.69) is 15.3 Å².